The van der Waals surface area contributed by atoms with Gasteiger partial charge in [0.05, 0.1) is 6.10 Å². The van der Waals surface area contributed by atoms with Crippen LogP contribution in [-0.2, 0) is 6.18 Å². The maximum atomic E-state index is 12.3. The number of nitrogens with one attached hydrogen (secondary N) is 2. The van der Waals surface area contributed by atoms with Crippen LogP contribution in [0.15, 0.2) is 16.9 Å². The Morgan fingerprint density at radius 1 is 1.45 bits per heavy atom. The number of pyridine rings is 1. The maximum Gasteiger partial charge on any atom is 0.431 e. The quantitative estimate of drug-likeness (QED) is 0.764. The van der Waals surface area contributed by atoms with Crippen LogP contribution >= 0.6 is 0 Å². The summed E-state index contributed by atoms with van der Waals surface area (Å²) in [6.45, 7) is 1.90. The van der Waals surface area contributed by atoms with Crippen molar-refractivity contribution in [3.63, 3.8) is 0 Å². The fourth-order valence-corrected chi connectivity index (χ4v) is 1.47. The molecule has 112 valence electrons. The molecule has 0 fully saturated rings. The summed E-state index contributed by atoms with van der Waals surface area (Å²) in [4.78, 5) is 24.6. The lowest BCUT2D eigenvalue weighted by molar-refractivity contribution is -0.141. The zero-order valence-electron chi connectivity index (χ0n) is 10.8. The molecule has 1 amide bonds. The Balaban J connectivity index is 2.73. The first-order valence-electron chi connectivity index (χ1n) is 6.02. The molecule has 1 atom stereocenters. The van der Waals surface area contributed by atoms with E-state index < -0.39 is 35.0 Å². The van der Waals surface area contributed by atoms with Gasteiger partial charge in [-0.3, -0.25) is 9.59 Å². The Hall–Kier alpha value is -1.83. The number of aromatic nitrogens is 1. The number of H-pyrrole nitrogens is 1. The van der Waals surface area contributed by atoms with Crippen LogP contribution in [0.25, 0.3) is 0 Å². The van der Waals surface area contributed by atoms with Crippen molar-refractivity contribution in [1.82, 2.24) is 10.3 Å². The van der Waals surface area contributed by atoms with Crippen molar-refractivity contribution in [2.24, 2.45) is 0 Å². The van der Waals surface area contributed by atoms with Gasteiger partial charge < -0.3 is 15.4 Å². The first kappa shape index (κ1) is 16.2. The number of hydrogen-bond acceptors (Lipinski definition) is 3. The van der Waals surface area contributed by atoms with Crippen LogP contribution in [0.5, 0.6) is 0 Å². The molecule has 0 spiro atoms. The van der Waals surface area contributed by atoms with Gasteiger partial charge in [0.1, 0.15) is 11.3 Å². The molecule has 0 aromatic carbocycles. The first-order chi connectivity index (χ1) is 9.25. The summed E-state index contributed by atoms with van der Waals surface area (Å²) in [5, 5.41) is 11.6. The van der Waals surface area contributed by atoms with Gasteiger partial charge in [-0.05, 0) is 25.0 Å². The molecule has 0 bridgehead atoms. The summed E-state index contributed by atoms with van der Waals surface area (Å²) < 4.78 is 37.0. The number of aliphatic hydroxyl groups excluding tert-OH is 1. The predicted octanol–water partition coefficient (Wildman–Crippen LogP) is 1.28. The Kier molecular flexibility index (Phi) is 5.32. The molecule has 20 heavy (non-hydrogen) atoms. The highest BCUT2D eigenvalue weighted by atomic mass is 19.4. The Morgan fingerprint density at radius 3 is 2.60 bits per heavy atom. The molecule has 1 rings (SSSR count). The molecule has 0 radical (unpaired) electrons. The zero-order valence-corrected chi connectivity index (χ0v) is 10.8. The number of aromatic amines is 1. The Morgan fingerprint density at radius 2 is 2.10 bits per heavy atom. The Labute approximate surface area is 112 Å². The largest absolute Gasteiger partial charge is 0.431 e. The number of carbonyl (C=O) groups excluding carboxylic acids is 1. The molecule has 1 aromatic rings. The highest BCUT2D eigenvalue weighted by Crippen LogP contribution is 2.26. The highest BCUT2D eigenvalue weighted by molar-refractivity contribution is 5.93. The summed E-state index contributed by atoms with van der Waals surface area (Å²) in [5.74, 6) is -0.775. The lowest BCUT2D eigenvalue weighted by Gasteiger charge is -2.09. The van der Waals surface area contributed by atoms with Crippen molar-refractivity contribution < 1.29 is 23.1 Å². The van der Waals surface area contributed by atoms with Crippen molar-refractivity contribution in [3.8, 4) is 0 Å². The van der Waals surface area contributed by atoms with Crippen LogP contribution in [0.3, 0.4) is 0 Å². The predicted molar refractivity (Wildman–Crippen MR) is 65.3 cm³/mol. The molecule has 0 saturated carbocycles. The van der Waals surface area contributed by atoms with Crippen molar-refractivity contribution in [2.45, 2.75) is 32.0 Å². The van der Waals surface area contributed by atoms with Crippen molar-refractivity contribution in [3.05, 3.63) is 33.7 Å². The molecule has 0 aliphatic rings. The number of carbonyl (C=O) groups is 1. The Bertz CT molecular complexity index is 525. The normalized spacial score (nSPS) is 13.1. The molecule has 0 aliphatic heterocycles. The van der Waals surface area contributed by atoms with Gasteiger partial charge >= 0.3 is 6.18 Å². The van der Waals surface area contributed by atoms with E-state index in [1.165, 1.54) is 0 Å². The molecule has 5 nitrogen and oxygen atoms in total. The van der Waals surface area contributed by atoms with E-state index in [1.807, 2.05) is 0 Å². The van der Waals surface area contributed by atoms with Crippen LogP contribution in [-0.4, -0.2) is 28.6 Å². The second kappa shape index (κ2) is 6.56. The minimum atomic E-state index is -4.67. The van der Waals surface area contributed by atoms with Gasteiger partial charge in [0, 0.05) is 6.54 Å². The van der Waals surface area contributed by atoms with Crippen LogP contribution < -0.4 is 10.9 Å². The van der Waals surface area contributed by atoms with Crippen molar-refractivity contribution >= 4 is 5.91 Å². The van der Waals surface area contributed by atoms with E-state index in [1.54, 1.807) is 11.9 Å². The van der Waals surface area contributed by atoms with Gasteiger partial charge in [-0.15, -0.1) is 0 Å². The molecule has 1 aromatic heterocycles. The summed E-state index contributed by atoms with van der Waals surface area (Å²) in [6.07, 6.45) is -4.40. The molecule has 0 aliphatic carbocycles. The standard InChI is InChI=1S/C12H15F3N2O3/c1-2-7(18)5-6-16-10(19)8-3-4-9(12(13,14)15)17-11(8)20/h3-4,7,18H,2,5-6H2,1H3,(H,16,19)(H,17,20). The molecular weight excluding hydrogens is 277 g/mol. The summed E-state index contributed by atoms with van der Waals surface area (Å²) in [7, 11) is 0. The summed E-state index contributed by atoms with van der Waals surface area (Å²) in [5.41, 5.74) is -2.71. The number of halogens is 3. The van der Waals surface area contributed by atoms with E-state index in [2.05, 4.69) is 5.32 Å². The zero-order chi connectivity index (χ0) is 15.3. The van der Waals surface area contributed by atoms with E-state index in [0.29, 0.717) is 18.9 Å². The van der Waals surface area contributed by atoms with Gasteiger partial charge in [0.2, 0.25) is 0 Å². The van der Waals surface area contributed by atoms with E-state index in [0.717, 1.165) is 6.07 Å². The third-order valence-electron chi connectivity index (χ3n) is 2.69. The molecule has 8 heteroatoms. The maximum absolute atomic E-state index is 12.3. The fourth-order valence-electron chi connectivity index (χ4n) is 1.47. The van der Waals surface area contributed by atoms with Gasteiger partial charge in [-0.1, -0.05) is 6.92 Å². The highest BCUT2D eigenvalue weighted by Gasteiger charge is 2.32. The third-order valence-corrected chi connectivity index (χ3v) is 2.69. The van der Waals surface area contributed by atoms with Crippen LogP contribution in [0.2, 0.25) is 0 Å². The second-order valence-electron chi connectivity index (χ2n) is 4.22. The first-order valence-corrected chi connectivity index (χ1v) is 6.02. The minimum absolute atomic E-state index is 0.133. The second-order valence-corrected chi connectivity index (χ2v) is 4.22. The van der Waals surface area contributed by atoms with E-state index >= 15 is 0 Å². The fraction of sp³-hybridized carbons (Fsp3) is 0.500. The summed E-state index contributed by atoms with van der Waals surface area (Å²) >= 11 is 0. The van der Waals surface area contributed by atoms with Gasteiger partial charge in [-0.25, -0.2) is 0 Å². The van der Waals surface area contributed by atoms with E-state index in [-0.39, 0.29) is 6.54 Å². The average molecular weight is 292 g/mol. The number of rotatable bonds is 5. The topological polar surface area (TPSA) is 82.2 Å². The minimum Gasteiger partial charge on any atom is -0.393 e. The number of hydrogen-bond donors (Lipinski definition) is 3. The third kappa shape index (κ3) is 4.37. The number of alkyl halides is 3. The van der Waals surface area contributed by atoms with Crippen LogP contribution in [0.1, 0.15) is 35.8 Å². The SMILES string of the molecule is CCC(O)CCNC(=O)c1ccc(C(F)(F)F)[nH]c1=O. The van der Waals surface area contributed by atoms with Gasteiger partial charge in [0.15, 0.2) is 0 Å². The van der Waals surface area contributed by atoms with Gasteiger partial charge in [-0.2, -0.15) is 13.2 Å². The van der Waals surface area contributed by atoms with Crippen molar-refractivity contribution in [1.29, 1.82) is 0 Å². The van der Waals surface area contributed by atoms with Crippen LogP contribution in [0.4, 0.5) is 13.2 Å². The monoisotopic (exact) mass is 292 g/mol. The van der Waals surface area contributed by atoms with E-state index in [4.69, 9.17) is 0 Å². The van der Waals surface area contributed by atoms with Gasteiger partial charge in [0.25, 0.3) is 11.5 Å². The molecule has 1 unspecified atom stereocenters. The average Bonchev–Trinajstić information content (AvgIpc) is 2.37. The number of amides is 1. The number of aliphatic hydroxyl groups is 1. The molecule has 1 heterocycles. The lowest BCUT2D eigenvalue weighted by atomic mass is 10.2. The van der Waals surface area contributed by atoms with Crippen LogP contribution in [0, 0.1) is 0 Å². The van der Waals surface area contributed by atoms with Crippen molar-refractivity contribution in [2.75, 3.05) is 6.54 Å². The van der Waals surface area contributed by atoms with E-state index in [9.17, 15) is 27.9 Å². The smallest absolute Gasteiger partial charge is 0.393 e. The lowest BCUT2D eigenvalue weighted by Crippen LogP contribution is -2.32. The summed E-state index contributed by atoms with van der Waals surface area (Å²) in [6, 6.07) is 1.46. The molecular formula is C12H15F3N2O3. The molecule has 3 N–H and O–H groups in total. The molecule has 0 saturated heterocycles.